The van der Waals surface area contributed by atoms with Crippen molar-refractivity contribution in [2.75, 3.05) is 26.3 Å². The van der Waals surface area contributed by atoms with Gasteiger partial charge in [-0.2, -0.15) is 0 Å². The molecule has 0 saturated carbocycles. The molecule has 3 heteroatoms. The highest BCUT2D eigenvalue weighted by Crippen LogP contribution is 2.37. The van der Waals surface area contributed by atoms with Crippen LogP contribution < -0.4 is 14.8 Å². The third-order valence-corrected chi connectivity index (χ3v) is 3.92. The van der Waals surface area contributed by atoms with Gasteiger partial charge in [0.1, 0.15) is 13.2 Å². The van der Waals surface area contributed by atoms with Crippen LogP contribution in [-0.2, 0) is 6.42 Å². The van der Waals surface area contributed by atoms with Crippen LogP contribution in [0.5, 0.6) is 11.5 Å². The van der Waals surface area contributed by atoms with Crippen molar-refractivity contribution in [2.24, 2.45) is 0 Å². The maximum absolute atomic E-state index is 5.71. The maximum Gasteiger partial charge on any atom is 0.161 e. The van der Waals surface area contributed by atoms with E-state index in [4.69, 9.17) is 9.47 Å². The number of hydrogen-bond donors (Lipinski definition) is 1. The summed E-state index contributed by atoms with van der Waals surface area (Å²) in [6, 6.07) is 4.39. The van der Waals surface area contributed by atoms with Gasteiger partial charge in [-0.25, -0.2) is 0 Å². The molecule has 1 saturated heterocycles. The molecule has 0 aliphatic carbocycles. The van der Waals surface area contributed by atoms with Crippen LogP contribution in [0.1, 0.15) is 36.8 Å². The number of hydrogen-bond acceptors (Lipinski definition) is 3. The average molecular weight is 247 g/mol. The van der Waals surface area contributed by atoms with Crippen LogP contribution in [0.2, 0.25) is 0 Å². The number of rotatable bonds is 2. The molecular formula is C15H21NO2. The second-order valence-corrected chi connectivity index (χ2v) is 5.09. The van der Waals surface area contributed by atoms with E-state index in [0.717, 1.165) is 31.0 Å². The first-order valence-electron chi connectivity index (χ1n) is 7.01. The fourth-order valence-electron chi connectivity index (χ4n) is 2.95. The Morgan fingerprint density at radius 2 is 2.00 bits per heavy atom. The van der Waals surface area contributed by atoms with Gasteiger partial charge in [0.2, 0.25) is 0 Å². The SMILES string of the molecule is CCc1cc2c(cc1C1CCCNC1)OCCO2. The Balaban J connectivity index is 1.95. The summed E-state index contributed by atoms with van der Waals surface area (Å²) in [5.74, 6) is 2.48. The molecule has 3 nitrogen and oxygen atoms in total. The fraction of sp³-hybridized carbons (Fsp3) is 0.600. The maximum atomic E-state index is 5.71. The molecular weight excluding hydrogens is 226 g/mol. The smallest absolute Gasteiger partial charge is 0.161 e. The molecule has 1 atom stereocenters. The van der Waals surface area contributed by atoms with Gasteiger partial charge in [-0.15, -0.1) is 0 Å². The molecule has 1 aromatic rings. The van der Waals surface area contributed by atoms with E-state index in [2.05, 4.69) is 24.4 Å². The number of nitrogens with one attached hydrogen (secondary N) is 1. The van der Waals surface area contributed by atoms with E-state index < -0.39 is 0 Å². The lowest BCUT2D eigenvalue weighted by atomic mass is 9.87. The van der Waals surface area contributed by atoms with Crippen molar-refractivity contribution in [1.29, 1.82) is 0 Å². The summed E-state index contributed by atoms with van der Waals surface area (Å²) in [5.41, 5.74) is 2.86. The summed E-state index contributed by atoms with van der Waals surface area (Å²) < 4.78 is 11.4. The van der Waals surface area contributed by atoms with E-state index in [0.29, 0.717) is 19.1 Å². The zero-order chi connectivity index (χ0) is 12.4. The van der Waals surface area contributed by atoms with Crippen LogP contribution in [0.4, 0.5) is 0 Å². The average Bonchev–Trinajstić information content (AvgIpc) is 2.46. The predicted molar refractivity (Wildman–Crippen MR) is 71.7 cm³/mol. The van der Waals surface area contributed by atoms with Crippen LogP contribution >= 0.6 is 0 Å². The molecule has 2 aliphatic heterocycles. The quantitative estimate of drug-likeness (QED) is 0.871. The fourth-order valence-corrected chi connectivity index (χ4v) is 2.95. The lowest BCUT2D eigenvalue weighted by molar-refractivity contribution is 0.171. The van der Waals surface area contributed by atoms with E-state index >= 15 is 0 Å². The van der Waals surface area contributed by atoms with Gasteiger partial charge in [-0.3, -0.25) is 0 Å². The molecule has 1 unspecified atom stereocenters. The molecule has 1 fully saturated rings. The molecule has 1 aromatic carbocycles. The van der Waals surface area contributed by atoms with Gasteiger partial charge in [0.25, 0.3) is 0 Å². The van der Waals surface area contributed by atoms with Gasteiger partial charge in [0, 0.05) is 6.54 Å². The third kappa shape index (κ3) is 2.19. The van der Waals surface area contributed by atoms with E-state index in [-0.39, 0.29) is 0 Å². The normalized spacial score (nSPS) is 22.8. The van der Waals surface area contributed by atoms with Crippen molar-refractivity contribution in [2.45, 2.75) is 32.1 Å². The summed E-state index contributed by atoms with van der Waals surface area (Å²) in [4.78, 5) is 0. The molecule has 0 spiro atoms. The van der Waals surface area contributed by atoms with Crippen LogP contribution in [0.15, 0.2) is 12.1 Å². The Morgan fingerprint density at radius 3 is 2.67 bits per heavy atom. The molecule has 0 aromatic heterocycles. The number of ether oxygens (including phenoxy) is 2. The molecule has 98 valence electrons. The van der Waals surface area contributed by atoms with Crippen LogP contribution in [-0.4, -0.2) is 26.3 Å². The van der Waals surface area contributed by atoms with E-state index in [1.807, 2.05) is 0 Å². The molecule has 2 aliphatic rings. The van der Waals surface area contributed by atoms with E-state index in [9.17, 15) is 0 Å². The highest BCUT2D eigenvalue weighted by atomic mass is 16.6. The number of fused-ring (bicyclic) bond motifs is 1. The van der Waals surface area contributed by atoms with Gasteiger partial charge in [0.15, 0.2) is 11.5 Å². The van der Waals surface area contributed by atoms with Crippen molar-refractivity contribution < 1.29 is 9.47 Å². The first-order chi connectivity index (χ1) is 8.88. The molecule has 3 rings (SSSR count). The number of benzene rings is 1. The van der Waals surface area contributed by atoms with Crippen molar-refractivity contribution in [3.8, 4) is 11.5 Å². The van der Waals surface area contributed by atoms with E-state index in [1.54, 1.807) is 0 Å². The summed E-state index contributed by atoms with van der Waals surface area (Å²) in [6.45, 7) is 5.79. The van der Waals surface area contributed by atoms with Gasteiger partial charge in [-0.1, -0.05) is 6.92 Å². The number of aryl methyl sites for hydroxylation is 1. The molecule has 0 amide bonds. The van der Waals surface area contributed by atoms with Crippen molar-refractivity contribution in [3.63, 3.8) is 0 Å². The Kier molecular flexibility index (Phi) is 3.41. The zero-order valence-corrected chi connectivity index (χ0v) is 11.0. The standard InChI is InChI=1S/C15H21NO2/c1-2-11-8-14-15(18-7-6-17-14)9-13(11)12-4-3-5-16-10-12/h8-9,12,16H,2-7,10H2,1H3. The Bertz CT molecular complexity index is 425. The molecule has 2 heterocycles. The zero-order valence-electron chi connectivity index (χ0n) is 11.0. The molecule has 0 bridgehead atoms. The third-order valence-electron chi connectivity index (χ3n) is 3.92. The highest BCUT2D eigenvalue weighted by molar-refractivity contribution is 5.49. The van der Waals surface area contributed by atoms with Gasteiger partial charge in [0.05, 0.1) is 0 Å². The summed E-state index contributed by atoms with van der Waals surface area (Å²) in [7, 11) is 0. The Labute approximate surface area is 108 Å². The summed E-state index contributed by atoms with van der Waals surface area (Å²) in [5, 5.41) is 3.49. The lowest BCUT2D eigenvalue weighted by Gasteiger charge is -2.27. The van der Waals surface area contributed by atoms with Crippen molar-refractivity contribution in [1.82, 2.24) is 5.32 Å². The van der Waals surface area contributed by atoms with Gasteiger partial charge < -0.3 is 14.8 Å². The Morgan fingerprint density at radius 1 is 1.22 bits per heavy atom. The summed E-state index contributed by atoms with van der Waals surface area (Å²) >= 11 is 0. The van der Waals surface area contributed by atoms with Crippen LogP contribution in [0.25, 0.3) is 0 Å². The second-order valence-electron chi connectivity index (χ2n) is 5.09. The minimum Gasteiger partial charge on any atom is -0.486 e. The monoisotopic (exact) mass is 247 g/mol. The second kappa shape index (κ2) is 5.19. The van der Waals surface area contributed by atoms with Crippen molar-refractivity contribution in [3.05, 3.63) is 23.3 Å². The first kappa shape index (κ1) is 11.8. The predicted octanol–water partition coefficient (Wildman–Crippen LogP) is 2.49. The minimum atomic E-state index is 0.629. The topological polar surface area (TPSA) is 30.5 Å². The van der Waals surface area contributed by atoms with E-state index in [1.165, 1.54) is 24.0 Å². The number of piperidine rings is 1. The van der Waals surface area contributed by atoms with Crippen LogP contribution in [0.3, 0.4) is 0 Å². The largest absolute Gasteiger partial charge is 0.486 e. The van der Waals surface area contributed by atoms with Crippen LogP contribution in [0, 0.1) is 0 Å². The molecule has 1 N–H and O–H groups in total. The molecule has 0 radical (unpaired) electrons. The first-order valence-corrected chi connectivity index (χ1v) is 7.01. The van der Waals surface area contributed by atoms with Gasteiger partial charge in [-0.05, 0) is 55.0 Å². The lowest BCUT2D eigenvalue weighted by Crippen LogP contribution is -2.29. The summed E-state index contributed by atoms with van der Waals surface area (Å²) in [6.07, 6.45) is 3.60. The van der Waals surface area contributed by atoms with Gasteiger partial charge >= 0.3 is 0 Å². The highest BCUT2D eigenvalue weighted by Gasteiger charge is 2.21. The van der Waals surface area contributed by atoms with Crippen molar-refractivity contribution >= 4 is 0 Å². The Hall–Kier alpha value is -1.22. The minimum absolute atomic E-state index is 0.629. The molecule has 18 heavy (non-hydrogen) atoms.